The van der Waals surface area contributed by atoms with Crippen LogP contribution in [0.2, 0.25) is 0 Å². The lowest BCUT2D eigenvalue weighted by Crippen LogP contribution is -2.27. The standard InChI is InChI=1S/C11H14N4/c1-2-5-13-9(3-1)11-8-4-6-12-7-10(8)14-15-11/h4,6-7,9,13H,1-3,5H2,(H,14,15). The molecular weight excluding hydrogens is 188 g/mol. The number of fused-ring (bicyclic) bond motifs is 1. The van der Waals surface area contributed by atoms with E-state index in [1.165, 1.54) is 30.3 Å². The first kappa shape index (κ1) is 8.85. The van der Waals surface area contributed by atoms with Gasteiger partial charge in [0.05, 0.1) is 11.9 Å². The van der Waals surface area contributed by atoms with Crippen LogP contribution < -0.4 is 5.32 Å². The second kappa shape index (κ2) is 3.62. The Morgan fingerprint density at radius 3 is 3.20 bits per heavy atom. The van der Waals surface area contributed by atoms with Crippen molar-refractivity contribution in [2.75, 3.05) is 6.54 Å². The summed E-state index contributed by atoms with van der Waals surface area (Å²) >= 11 is 0. The van der Waals surface area contributed by atoms with Crippen molar-refractivity contribution in [1.29, 1.82) is 0 Å². The smallest absolute Gasteiger partial charge is 0.111 e. The number of H-pyrrole nitrogens is 1. The van der Waals surface area contributed by atoms with Gasteiger partial charge in [-0.15, -0.1) is 0 Å². The normalized spacial score (nSPS) is 22.0. The third-order valence-corrected chi connectivity index (χ3v) is 3.05. The summed E-state index contributed by atoms with van der Waals surface area (Å²) in [5, 5.41) is 12.1. The molecule has 2 N–H and O–H groups in total. The summed E-state index contributed by atoms with van der Waals surface area (Å²) in [4.78, 5) is 4.07. The molecule has 0 radical (unpaired) electrons. The summed E-state index contributed by atoms with van der Waals surface area (Å²) in [5.74, 6) is 0. The number of nitrogens with one attached hydrogen (secondary N) is 2. The van der Waals surface area contributed by atoms with Gasteiger partial charge in [0.15, 0.2) is 0 Å². The zero-order valence-electron chi connectivity index (χ0n) is 8.53. The van der Waals surface area contributed by atoms with Gasteiger partial charge < -0.3 is 5.32 Å². The molecule has 0 spiro atoms. The Morgan fingerprint density at radius 2 is 2.33 bits per heavy atom. The lowest BCUT2D eigenvalue weighted by Gasteiger charge is -2.22. The largest absolute Gasteiger partial charge is 0.309 e. The number of piperidine rings is 1. The van der Waals surface area contributed by atoms with Gasteiger partial charge in [0.1, 0.15) is 5.52 Å². The maximum absolute atomic E-state index is 4.27. The number of aromatic nitrogens is 3. The molecule has 0 saturated carbocycles. The Hall–Kier alpha value is -1.42. The van der Waals surface area contributed by atoms with Crippen molar-refractivity contribution in [3.8, 4) is 0 Å². The van der Waals surface area contributed by atoms with Crippen LogP contribution in [-0.2, 0) is 0 Å². The molecule has 0 aromatic carbocycles. The van der Waals surface area contributed by atoms with Crippen LogP contribution in [0.5, 0.6) is 0 Å². The monoisotopic (exact) mass is 202 g/mol. The van der Waals surface area contributed by atoms with Crippen LogP contribution in [0.4, 0.5) is 0 Å². The van der Waals surface area contributed by atoms with Gasteiger partial charge in [-0.05, 0) is 25.5 Å². The molecule has 1 unspecified atom stereocenters. The molecule has 1 atom stereocenters. The highest BCUT2D eigenvalue weighted by molar-refractivity contribution is 5.80. The van der Waals surface area contributed by atoms with E-state index in [0.29, 0.717) is 6.04 Å². The van der Waals surface area contributed by atoms with Crippen molar-refractivity contribution in [3.05, 3.63) is 24.2 Å². The third kappa shape index (κ3) is 1.51. The molecule has 1 aliphatic heterocycles. The van der Waals surface area contributed by atoms with Gasteiger partial charge in [0.25, 0.3) is 0 Å². The highest BCUT2D eigenvalue weighted by Crippen LogP contribution is 2.26. The van der Waals surface area contributed by atoms with Gasteiger partial charge in [-0.2, -0.15) is 5.10 Å². The first-order valence-corrected chi connectivity index (χ1v) is 5.46. The van der Waals surface area contributed by atoms with Gasteiger partial charge in [-0.3, -0.25) is 10.1 Å². The lowest BCUT2D eigenvalue weighted by molar-refractivity contribution is 0.407. The second-order valence-corrected chi connectivity index (χ2v) is 4.03. The average molecular weight is 202 g/mol. The molecule has 0 bridgehead atoms. The minimum atomic E-state index is 0.436. The fourth-order valence-corrected chi connectivity index (χ4v) is 2.25. The van der Waals surface area contributed by atoms with E-state index in [1.807, 2.05) is 12.3 Å². The molecule has 2 aromatic rings. The SMILES string of the molecule is c1cc2c(C3CCCCN3)[nH]nc2cn1. The van der Waals surface area contributed by atoms with Crippen LogP contribution in [0.3, 0.4) is 0 Å². The summed E-state index contributed by atoms with van der Waals surface area (Å²) < 4.78 is 0. The zero-order valence-corrected chi connectivity index (χ0v) is 8.53. The van der Waals surface area contributed by atoms with Crippen LogP contribution in [0.1, 0.15) is 31.0 Å². The molecule has 1 aliphatic rings. The first-order chi connectivity index (χ1) is 7.45. The van der Waals surface area contributed by atoms with E-state index in [0.717, 1.165) is 12.1 Å². The van der Waals surface area contributed by atoms with Crippen molar-refractivity contribution in [2.45, 2.75) is 25.3 Å². The van der Waals surface area contributed by atoms with Crippen LogP contribution in [0, 0.1) is 0 Å². The lowest BCUT2D eigenvalue weighted by atomic mass is 10.0. The quantitative estimate of drug-likeness (QED) is 0.741. The van der Waals surface area contributed by atoms with Crippen LogP contribution in [-0.4, -0.2) is 21.7 Å². The van der Waals surface area contributed by atoms with E-state index in [2.05, 4.69) is 20.5 Å². The molecule has 0 aliphatic carbocycles. The highest BCUT2D eigenvalue weighted by Gasteiger charge is 2.18. The molecule has 4 heteroatoms. The number of rotatable bonds is 1. The van der Waals surface area contributed by atoms with Crippen molar-refractivity contribution in [3.63, 3.8) is 0 Å². The Bertz CT molecular complexity index is 456. The van der Waals surface area contributed by atoms with E-state index >= 15 is 0 Å². The number of hydrogen-bond donors (Lipinski definition) is 2. The van der Waals surface area contributed by atoms with Crippen LogP contribution in [0.25, 0.3) is 10.9 Å². The maximum atomic E-state index is 4.27. The maximum Gasteiger partial charge on any atom is 0.111 e. The number of pyridine rings is 1. The van der Waals surface area contributed by atoms with Crippen molar-refractivity contribution < 1.29 is 0 Å². The van der Waals surface area contributed by atoms with Gasteiger partial charge in [0, 0.05) is 17.6 Å². The molecule has 1 fully saturated rings. The predicted molar refractivity (Wildman–Crippen MR) is 58.5 cm³/mol. The second-order valence-electron chi connectivity index (χ2n) is 4.03. The molecular formula is C11H14N4. The van der Waals surface area contributed by atoms with E-state index in [9.17, 15) is 0 Å². The van der Waals surface area contributed by atoms with Gasteiger partial charge in [-0.25, -0.2) is 0 Å². The molecule has 1 saturated heterocycles. The predicted octanol–water partition coefficient (Wildman–Crippen LogP) is 1.77. The minimum Gasteiger partial charge on any atom is -0.309 e. The Kier molecular flexibility index (Phi) is 2.14. The van der Waals surface area contributed by atoms with Crippen LogP contribution >= 0.6 is 0 Å². The summed E-state index contributed by atoms with van der Waals surface area (Å²) in [6.45, 7) is 1.11. The molecule has 78 valence electrons. The summed E-state index contributed by atoms with van der Waals surface area (Å²) in [6.07, 6.45) is 7.40. The average Bonchev–Trinajstić information content (AvgIpc) is 2.74. The first-order valence-electron chi connectivity index (χ1n) is 5.46. The number of nitrogens with zero attached hydrogens (tertiary/aromatic N) is 2. The summed E-state index contributed by atoms with van der Waals surface area (Å²) in [7, 11) is 0. The highest BCUT2D eigenvalue weighted by atomic mass is 15.1. The Morgan fingerprint density at radius 1 is 1.33 bits per heavy atom. The van der Waals surface area contributed by atoms with Crippen LogP contribution in [0.15, 0.2) is 18.5 Å². The Labute approximate surface area is 88.1 Å². The fraction of sp³-hybridized carbons (Fsp3) is 0.455. The molecule has 15 heavy (non-hydrogen) atoms. The molecule has 3 rings (SSSR count). The van der Waals surface area contributed by atoms with Crippen molar-refractivity contribution in [1.82, 2.24) is 20.5 Å². The summed E-state index contributed by atoms with van der Waals surface area (Å²) in [5.41, 5.74) is 2.17. The molecule has 4 nitrogen and oxygen atoms in total. The summed E-state index contributed by atoms with van der Waals surface area (Å²) in [6, 6.07) is 2.47. The minimum absolute atomic E-state index is 0.436. The topological polar surface area (TPSA) is 53.6 Å². The van der Waals surface area contributed by atoms with E-state index < -0.39 is 0 Å². The van der Waals surface area contributed by atoms with Gasteiger partial charge in [-0.1, -0.05) is 6.42 Å². The fourth-order valence-electron chi connectivity index (χ4n) is 2.25. The van der Waals surface area contributed by atoms with Gasteiger partial charge in [0.2, 0.25) is 0 Å². The number of hydrogen-bond acceptors (Lipinski definition) is 3. The van der Waals surface area contributed by atoms with E-state index in [-0.39, 0.29) is 0 Å². The van der Waals surface area contributed by atoms with E-state index in [1.54, 1.807) is 6.20 Å². The van der Waals surface area contributed by atoms with E-state index in [4.69, 9.17) is 0 Å². The molecule has 0 amide bonds. The van der Waals surface area contributed by atoms with Gasteiger partial charge >= 0.3 is 0 Å². The molecule has 3 heterocycles. The van der Waals surface area contributed by atoms with Crippen molar-refractivity contribution >= 4 is 10.9 Å². The number of aromatic amines is 1. The molecule has 2 aromatic heterocycles. The van der Waals surface area contributed by atoms with Crippen molar-refractivity contribution in [2.24, 2.45) is 0 Å². The Balaban J connectivity index is 2.02. The zero-order chi connectivity index (χ0) is 10.1. The third-order valence-electron chi connectivity index (χ3n) is 3.05.